The molecule has 10 heteroatoms. The molecule has 1 aliphatic rings. The number of fused-ring (bicyclic) bond motifs is 1. The van der Waals surface area contributed by atoms with Gasteiger partial charge in [0.05, 0.1) is 28.0 Å². The average molecular weight is 418 g/mol. The lowest BCUT2D eigenvalue weighted by molar-refractivity contribution is 0.368. The lowest BCUT2D eigenvalue weighted by Crippen LogP contribution is -2.40. The molecule has 0 aliphatic heterocycles. The minimum atomic E-state index is -3.78. The second-order valence-corrected chi connectivity index (χ2v) is 9.38. The third-order valence-corrected chi connectivity index (χ3v) is 6.83. The van der Waals surface area contributed by atoms with Crippen molar-refractivity contribution in [3.05, 3.63) is 56.6 Å². The second kappa shape index (κ2) is 6.67. The number of hydrogen-bond donors (Lipinski definition) is 1. The minimum absolute atomic E-state index is 0.00131. The van der Waals surface area contributed by atoms with Crippen molar-refractivity contribution >= 4 is 20.9 Å². The van der Waals surface area contributed by atoms with Crippen LogP contribution in [0, 0.1) is 6.92 Å². The maximum Gasteiger partial charge on any atom is 0.331 e. The van der Waals surface area contributed by atoms with Crippen molar-refractivity contribution in [2.75, 3.05) is 0 Å². The van der Waals surface area contributed by atoms with Gasteiger partial charge in [0.2, 0.25) is 10.0 Å². The summed E-state index contributed by atoms with van der Waals surface area (Å²) in [7, 11) is -3.78. The third-order valence-electron chi connectivity index (χ3n) is 5.19. The van der Waals surface area contributed by atoms with Crippen LogP contribution in [0.5, 0.6) is 0 Å². The number of nitrogens with one attached hydrogen (secondary N) is 1. The van der Waals surface area contributed by atoms with E-state index >= 15 is 0 Å². The molecule has 1 saturated carbocycles. The topological polar surface area (TPSA) is 116 Å². The van der Waals surface area contributed by atoms with E-state index in [0.29, 0.717) is 23.5 Å². The number of aryl methyl sites for hydroxylation is 2. The first-order valence-corrected chi connectivity index (χ1v) is 10.9. The Kier molecular flexibility index (Phi) is 4.50. The van der Waals surface area contributed by atoms with Crippen LogP contribution < -0.4 is 16.0 Å². The highest BCUT2D eigenvalue weighted by atomic mass is 32.2. The van der Waals surface area contributed by atoms with Gasteiger partial charge in [-0.3, -0.25) is 13.9 Å². The molecule has 0 atom stereocenters. The Morgan fingerprint density at radius 1 is 1.21 bits per heavy atom. The molecule has 1 N–H and O–H groups in total. The van der Waals surface area contributed by atoms with E-state index in [4.69, 9.17) is 4.52 Å². The summed E-state index contributed by atoms with van der Waals surface area (Å²) in [5, 5.41) is 3.94. The summed E-state index contributed by atoms with van der Waals surface area (Å²) >= 11 is 0. The van der Waals surface area contributed by atoms with E-state index in [1.807, 2.05) is 6.92 Å². The molecule has 154 valence electrons. The molecule has 2 aromatic heterocycles. The Bertz CT molecular complexity index is 1330. The first kappa shape index (κ1) is 19.6. The Labute approximate surface area is 167 Å². The van der Waals surface area contributed by atoms with Gasteiger partial charge in [-0.15, -0.1) is 0 Å². The van der Waals surface area contributed by atoms with Crippen molar-refractivity contribution in [3.8, 4) is 0 Å². The van der Waals surface area contributed by atoms with Gasteiger partial charge in [0.15, 0.2) is 5.76 Å². The molecule has 3 aromatic rings. The molecule has 1 aromatic carbocycles. The van der Waals surface area contributed by atoms with E-state index in [2.05, 4.69) is 9.88 Å². The molecule has 2 heterocycles. The molecular weight excluding hydrogens is 396 g/mol. The highest BCUT2D eigenvalue weighted by molar-refractivity contribution is 7.89. The van der Waals surface area contributed by atoms with E-state index in [1.165, 1.54) is 22.8 Å². The van der Waals surface area contributed by atoms with Gasteiger partial charge in [-0.2, -0.15) is 0 Å². The average Bonchev–Trinajstić information content (AvgIpc) is 3.23. The molecule has 0 bridgehead atoms. The number of rotatable bonds is 6. The molecule has 1 aliphatic carbocycles. The third kappa shape index (κ3) is 3.53. The lowest BCUT2D eigenvalue weighted by Gasteiger charge is -2.15. The molecule has 0 unspecified atom stereocenters. The fourth-order valence-electron chi connectivity index (χ4n) is 3.33. The highest BCUT2D eigenvalue weighted by Crippen LogP contribution is 2.36. The number of sulfonamides is 1. The standard InChI is InChI=1S/C19H22N4O5S/c1-4-22-16-6-5-14(29(26,27)21-19(3)7-8-19)10-15(16)17(24)23(18(22)25)11-13-9-12(2)20-28-13/h5-6,9-10,21H,4,7-8,11H2,1-3H3. The maximum atomic E-state index is 13.1. The fraction of sp³-hybridized carbons (Fsp3) is 0.421. The van der Waals surface area contributed by atoms with E-state index in [-0.39, 0.29) is 16.8 Å². The van der Waals surface area contributed by atoms with Crippen LogP contribution in [0.3, 0.4) is 0 Å². The summed E-state index contributed by atoms with van der Waals surface area (Å²) in [5.74, 6) is 0.371. The van der Waals surface area contributed by atoms with E-state index in [0.717, 1.165) is 17.4 Å². The van der Waals surface area contributed by atoms with Gasteiger partial charge in [0.1, 0.15) is 0 Å². The number of hydrogen-bond acceptors (Lipinski definition) is 6. The SMILES string of the molecule is CCn1c(=O)n(Cc2cc(C)no2)c(=O)c2cc(S(=O)(=O)NC3(C)CC3)ccc21. The van der Waals surface area contributed by atoms with Crippen molar-refractivity contribution in [2.45, 2.75) is 57.1 Å². The summed E-state index contributed by atoms with van der Waals surface area (Å²) in [6, 6.07) is 5.91. The molecular formula is C19H22N4O5S. The molecule has 0 saturated heterocycles. The summed E-state index contributed by atoms with van der Waals surface area (Å²) < 4.78 is 35.8. The Morgan fingerprint density at radius 3 is 2.52 bits per heavy atom. The number of benzene rings is 1. The second-order valence-electron chi connectivity index (χ2n) is 7.70. The first-order chi connectivity index (χ1) is 13.6. The van der Waals surface area contributed by atoms with Crippen molar-refractivity contribution in [3.63, 3.8) is 0 Å². The van der Waals surface area contributed by atoms with Crippen molar-refractivity contribution in [1.82, 2.24) is 19.0 Å². The normalized spacial score (nSPS) is 15.7. The van der Waals surface area contributed by atoms with Crippen molar-refractivity contribution in [2.24, 2.45) is 0 Å². The zero-order valence-corrected chi connectivity index (χ0v) is 17.2. The molecule has 1 fully saturated rings. The summed E-state index contributed by atoms with van der Waals surface area (Å²) in [6.45, 7) is 5.61. The van der Waals surface area contributed by atoms with Gasteiger partial charge < -0.3 is 4.52 Å². The zero-order valence-electron chi connectivity index (χ0n) is 16.4. The molecule has 29 heavy (non-hydrogen) atoms. The Balaban J connectivity index is 1.89. The van der Waals surface area contributed by atoms with Gasteiger partial charge in [-0.25, -0.2) is 17.9 Å². The van der Waals surface area contributed by atoms with Gasteiger partial charge >= 0.3 is 5.69 Å². The van der Waals surface area contributed by atoms with Crippen LogP contribution in [-0.4, -0.2) is 28.2 Å². The predicted molar refractivity (Wildman–Crippen MR) is 106 cm³/mol. The lowest BCUT2D eigenvalue weighted by atomic mass is 10.2. The van der Waals surface area contributed by atoms with Crippen LogP contribution in [0.25, 0.3) is 10.9 Å². The number of nitrogens with zero attached hydrogens (tertiary/aromatic N) is 3. The van der Waals surface area contributed by atoms with Crippen LogP contribution in [0.2, 0.25) is 0 Å². The van der Waals surface area contributed by atoms with Gasteiger partial charge in [-0.1, -0.05) is 5.16 Å². The number of aromatic nitrogens is 3. The summed E-state index contributed by atoms with van der Waals surface area (Å²) in [5.41, 5.74) is -0.459. The zero-order chi connectivity index (χ0) is 21.0. The minimum Gasteiger partial charge on any atom is -0.359 e. The Hall–Kier alpha value is -2.72. The van der Waals surface area contributed by atoms with Gasteiger partial charge in [0, 0.05) is 18.2 Å². The summed E-state index contributed by atoms with van der Waals surface area (Å²) in [4.78, 5) is 25.9. The van der Waals surface area contributed by atoms with Crippen LogP contribution in [0.15, 0.2) is 43.3 Å². The molecule has 0 spiro atoms. The van der Waals surface area contributed by atoms with Crippen LogP contribution in [-0.2, 0) is 23.1 Å². The smallest absolute Gasteiger partial charge is 0.331 e. The Morgan fingerprint density at radius 2 is 1.93 bits per heavy atom. The quantitative estimate of drug-likeness (QED) is 0.646. The van der Waals surface area contributed by atoms with E-state index < -0.39 is 26.8 Å². The largest absolute Gasteiger partial charge is 0.359 e. The fourth-order valence-corrected chi connectivity index (χ4v) is 4.83. The molecule has 0 amide bonds. The van der Waals surface area contributed by atoms with Crippen LogP contribution in [0.1, 0.15) is 38.1 Å². The molecule has 4 rings (SSSR count). The van der Waals surface area contributed by atoms with Crippen LogP contribution in [0.4, 0.5) is 0 Å². The van der Waals surface area contributed by atoms with Crippen molar-refractivity contribution in [1.29, 1.82) is 0 Å². The monoisotopic (exact) mass is 418 g/mol. The molecule has 0 radical (unpaired) electrons. The van der Waals surface area contributed by atoms with Gasteiger partial charge in [-0.05, 0) is 51.8 Å². The van der Waals surface area contributed by atoms with Gasteiger partial charge in [0.25, 0.3) is 5.56 Å². The van der Waals surface area contributed by atoms with E-state index in [9.17, 15) is 18.0 Å². The van der Waals surface area contributed by atoms with Crippen molar-refractivity contribution < 1.29 is 12.9 Å². The van der Waals surface area contributed by atoms with Crippen LogP contribution >= 0.6 is 0 Å². The highest BCUT2D eigenvalue weighted by Gasteiger charge is 2.41. The first-order valence-electron chi connectivity index (χ1n) is 9.37. The molecule has 9 nitrogen and oxygen atoms in total. The summed E-state index contributed by atoms with van der Waals surface area (Å²) in [6.07, 6.45) is 1.55. The van der Waals surface area contributed by atoms with E-state index in [1.54, 1.807) is 19.9 Å². The maximum absolute atomic E-state index is 13.1. The predicted octanol–water partition coefficient (Wildman–Crippen LogP) is 1.36.